The summed E-state index contributed by atoms with van der Waals surface area (Å²) in [5.41, 5.74) is 1.29. The lowest BCUT2D eigenvalue weighted by Gasteiger charge is -2.37. The van der Waals surface area contributed by atoms with Gasteiger partial charge < -0.3 is 9.64 Å². The van der Waals surface area contributed by atoms with Crippen LogP contribution in [0.15, 0.2) is 60.8 Å². The molecular formula is C24H22FN3O2. The Balaban J connectivity index is 1.32. The number of piperidine rings is 1. The minimum Gasteiger partial charge on any atom is -0.484 e. The second-order valence-electron chi connectivity index (χ2n) is 7.72. The molecule has 30 heavy (non-hydrogen) atoms. The maximum atomic E-state index is 13.1. The van der Waals surface area contributed by atoms with Gasteiger partial charge in [0.15, 0.2) is 6.61 Å². The van der Waals surface area contributed by atoms with Crippen LogP contribution in [0, 0.1) is 22.6 Å². The second kappa shape index (κ2) is 8.50. The van der Waals surface area contributed by atoms with E-state index in [0.717, 1.165) is 16.5 Å². The number of hydrogen-bond acceptors (Lipinski definition) is 4. The number of nitrogens with zero attached hydrogens (tertiary/aromatic N) is 3. The van der Waals surface area contributed by atoms with Crippen molar-refractivity contribution in [3.05, 3.63) is 72.2 Å². The van der Waals surface area contributed by atoms with Gasteiger partial charge in [0, 0.05) is 24.7 Å². The molecule has 6 heteroatoms. The van der Waals surface area contributed by atoms with Gasteiger partial charge >= 0.3 is 0 Å². The molecular weight excluding hydrogens is 381 g/mol. The Morgan fingerprint density at radius 3 is 2.67 bits per heavy atom. The summed E-state index contributed by atoms with van der Waals surface area (Å²) in [5.74, 6) is 0.256. The maximum Gasteiger partial charge on any atom is 0.260 e. The quantitative estimate of drug-likeness (QED) is 0.643. The van der Waals surface area contributed by atoms with E-state index in [0.29, 0.717) is 38.1 Å². The zero-order valence-electron chi connectivity index (χ0n) is 16.6. The summed E-state index contributed by atoms with van der Waals surface area (Å²) in [6.07, 6.45) is 3.48. The largest absolute Gasteiger partial charge is 0.484 e. The molecule has 1 amide bonds. The fourth-order valence-electron chi connectivity index (χ4n) is 3.89. The standard InChI is InChI=1S/C24H22FN3O2/c25-20-5-3-18(4-6-20)15-24(17-26)9-12-28(13-10-24)23(29)16-30-21-7-8-22-19(14-21)2-1-11-27-22/h1-8,11,14H,9-10,12-13,15-16H2. The molecule has 1 aliphatic rings. The van der Waals surface area contributed by atoms with Crippen LogP contribution in [0.5, 0.6) is 5.75 Å². The van der Waals surface area contributed by atoms with Crippen LogP contribution in [0.2, 0.25) is 0 Å². The molecule has 4 rings (SSSR count). The van der Waals surface area contributed by atoms with Crippen molar-refractivity contribution in [1.82, 2.24) is 9.88 Å². The number of likely N-dealkylation sites (tertiary alicyclic amines) is 1. The van der Waals surface area contributed by atoms with Crippen LogP contribution in [0.3, 0.4) is 0 Å². The lowest BCUT2D eigenvalue weighted by Crippen LogP contribution is -2.45. The van der Waals surface area contributed by atoms with E-state index in [2.05, 4.69) is 11.1 Å². The first-order valence-electron chi connectivity index (χ1n) is 9.98. The summed E-state index contributed by atoms with van der Waals surface area (Å²) in [6.45, 7) is 0.987. The molecule has 0 N–H and O–H groups in total. The monoisotopic (exact) mass is 403 g/mol. The molecule has 0 saturated carbocycles. The number of halogens is 1. The fourth-order valence-corrected chi connectivity index (χ4v) is 3.89. The third kappa shape index (κ3) is 4.41. The molecule has 1 saturated heterocycles. The Hall–Kier alpha value is -3.46. The van der Waals surface area contributed by atoms with Crippen LogP contribution < -0.4 is 4.74 Å². The smallest absolute Gasteiger partial charge is 0.260 e. The Morgan fingerprint density at radius 2 is 1.93 bits per heavy atom. The molecule has 0 radical (unpaired) electrons. The van der Waals surface area contributed by atoms with Gasteiger partial charge in [-0.3, -0.25) is 9.78 Å². The third-order valence-corrected chi connectivity index (χ3v) is 5.70. The fraction of sp³-hybridized carbons (Fsp3) is 0.292. The number of carbonyl (C=O) groups excluding carboxylic acids is 1. The van der Waals surface area contributed by atoms with Gasteiger partial charge in [0.2, 0.25) is 0 Å². The molecule has 0 bridgehead atoms. The predicted molar refractivity (Wildman–Crippen MR) is 111 cm³/mol. The average Bonchev–Trinajstić information content (AvgIpc) is 2.79. The van der Waals surface area contributed by atoms with Gasteiger partial charge in [0.1, 0.15) is 11.6 Å². The minimum atomic E-state index is -0.527. The molecule has 1 fully saturated rings. The van der Waals surface area contributed by atoms with Gasteiger partial charge in [0.25, 0.3) is 5.91 Å². The lowest BCUT2D eigenvalue weighted by atomic mass is 9.75. The van der Waals surface area contributed by atoms with Crippen molar-refractivity contribution in [3.63, 3.8) is 0 Å². The van der Waals surface area contributed by atoms with E-state index in [1.165, 1.54) is 12.1 Å². The normalized spacial score (nSPS) is 15.5. The van der Waals surface area contributed by atoms with Gasteiger partial charge in [-0.2, -0.15) is 5.26 Å². The van der Waals surface area contributed by atoms with E-state index in [9.17, 15) is 14.4 Å². The van der Waals surface area contributed by atoms with E-state index in [1.807, 2.05) is 30.3 Å². The summed E-state index contributed by atoms with van der Waals surface area (Å²) < 4.78 is 18.8. The first kappa shape index (κ1) is 19.8. The molecule has 5 nitrogen and oxygen atoms in total. The lowest BCUT2D eigenvalue weighted by molar-refractivity contribution is -0.135. The second-order valence-corrected chi connectivity index (χ2v) is 7.72. The summed E-state index contributed by atoms with van der Waals surface area (Å²) >= 11 is 0. The van der Waals surface area contributed by atoms with Gasteiger partial charge in [-0.25, -0.2) is 4.39 Å². The molecule has 3 aromatic rings. The number of amides is 1. The molecule has 1 aliphatic heterocycles. The summed E-state index contributed by atoms with van der Waals surface area (Å²) in [5, 5.41) is 10.7. The minimum absolute atomic E-state index is 0.0384. The number of rotatable bonds is 5. The highest BCUT2D eigenvalue weighted by atomic mass is 19.1. The van der Waals surface area contributed by atoms with Gasteiger partial charge in [-0.1, -0.05) is 18.2 Å². The highest BCUT2D eigenvalue weighted by molar-refractivity contribution is 5.80. The number of benzene rings is 2. The van der Waals surface area contributed by atoms with Gasteiger partial charge in [-0.15, -0.1) is 0 Å². The van der Waals surface area contributed by atoms with E-state index in [4.69, 9.17) is 4.74 Å². The zero-order chi connectivity index (χ0) is 21.0. The van der Waals surface area contributed by atoms with E-state index in [-0.39, 0.29) is 18.3 Å². The van der Waals surface area contributed by atoms with E-state index >= 15 is 0 Å². The van der Waals surface area contributed by atoms with Gasteiger partial charge in [0.05, 0.1) is 17.0 Å². The third-order valence-electron chi connectivity index (χ3n) is 5.70. The van der Waals surface area contributed by atoms with Crippen LogP contribution in [-0.2, 0) is 11.2 Å². The summed E-state index contributed by atoms with van der Waals surface area (Å²) in [4.78, 5) is 18.6. The number of ether oxygens (including phenoxy) is 1. The molecule has 1 aromatic heterocycles. The maximum absolute atomic E-state index is 13.1. The molecule has 152 valence electrons. The Morgan fingerprint density at radius 1 is 1.17 bits per heavy atom. The van der Waals surface area contributed by atoms with Crippen molar-refractivity contribution in [2.24, 2.45) is 5.41 Å². The van der Waals surface area contributed by atoms with Crippen LogP contribution in [0.25, 0.3) is 10.9 Å². The summed E-state index contributed by atoms with van der Waals surface area (Å²) in [6, 6.07) is 18.1. The van der Waals surface area contributed by atoms with E-state index in [1.54, 1.807) is 23.2 Å². The van der Waals surface area contributed by atoms with Crippen molar-refractivity contribution in [1.29, 1.82) is 5.26 Å². The topological polar surface area (TPSA) is 66.2 Å². The number of fused-ring (bicyclic) bond motifs is 1. The zero-order valence-corrected chi connectivity index (χ0v) is 16.6. The molecule has 0 spiro atoms. The van der Waals surface area contributed by atoms with Crippen molar-refractivity contribution in [3.8, 4) is 11.8 Å². The first-order valence-corrected chi connectivity index (χ1v) is 9.98. The van der Waals surface area contributed by atoms with Crippen molar-refractivity contribution in [2.75, 3.05) is 19.7 Å². The molecule has 0 unspecified atom stereocenters. The van der Waals surface area contributed by atoms with Crippen LogP contribution in [-0.4, -0.2) is 35.5 Å². The molecule has 2 heterocycles. The highest BCUT2D eigenvalue weighted by Crippen LogP contribution is 2.34. The van der Waals surface area contributed by atoms with E-state index < -0.39 is 5.41 Å². The number of aromatic nitrogens is 1. The van der Waals surface area contributed by atoms with Crippen molar-refractivity contribution < 1.29 is 13.9 Å². The van der Waals surface area contributed by atoms with Crippen molar-refractivity contribution >= 4 is 16.8 Å². The first-order chi connectivity index (χ1) is 14.6. The number of nitriles is 1. The Labute approximate surface area is 174 Å². The highest BCUT2D eigenvalue weighted by Gasteiger charge is 2.36. The molecule has 0 atom stereocenters. The van der Waals surface area contributed by atoms with Gasteiger partial charge in [-0.05, 0) is 61.2 Å². The average molecular weight is 403 g/mol. The van der Waals surface area contributed by atoms with Crippen molar-refractivity contribution in [2.45, 2.75) is 19.3 Å². The Kier molecular flexibility index (Phi) is 5.62. The predicted octanol–water partition coefficient (Wildman–Crippen LogP) is 4.13. The molecule has 2 aromatic carbocycles. The van der Waals surface area contributed by atoms with Crippen LogP contribution in [0.1, 0.15) is 18.4 Å². The number of carbonyl (C=O) groups is 1. The van der Waals surface area contributed by atoms with Crippen LogP contribution >= 0.6 is 0 Å². The SMILES string of the molecule is N#CC1(Cc2ccc(F)cc2)CCN(C(=O)COc2ccc3ncccc3c2)CC1. The van der Waals surface area contributed by atoms with Crippen LogP contribution in [0.4, 0.5) is 4.39 Å². The number of pyridine rings is 1. The molecule has 0 aliphatic carbocycles. The summed E-state index contributed by atoms with van der Waals surface area (Å²) in [7, 11) is 0. The number of hydrogen-bond donors (Lipinski definition) is 0. The Bertz CT molecular complexity index is 1080.